The van der Waals surface area contributed by atoms with Gasteiger partial charge in [0, 0.05) is 28.2 Å². The topological polar surface area (TPSA) is 17.1 Å². The van der Waals surface area contributed by atoms with E-state index in [1.807, 2.05) is 38.8 Å². The van der Waals surface area contributed by atoms with Gasteiger partial charge in [-0.05, 0) is 14.2 Å². The normalized spacial score (nSPS) is 16.3. The Kier molecular flexibility index (Phi) is 3.03. The molecule has 9 heavy (non-hydrogen) atoms. The largest absolute Gasteiger partial charge is 0.282 e. The third kappa shape index (κ3) is 2.29. The highest BCUT2D eigenvalue weighted by molar-refractivity contribution is 14.2. The predicted molar refractivity (Wildman–Crippen MR) is 56.3 cm³/mol. The first-order valence-corrected chi connectivity index (χ1v) is 5.89. The molecule has 0 aromatic rings. The average Bonchev–Trinajstić information content (AvgIpc) is 1.90. The molecule has 1 rings (SSSR count). The third-order valence-electron chi connectivity index (χ3n) is 0.829. The highest BCUT2D eigenvalue weighted by Crippen LogP contribution is 2.11. The van der Waals surface area contributed by atoms with Crippen molar-refractivity contribution in [2.75, 3.05) is 0 Å². The second kappa shape index (κ2) is 3.60. The summed E-state index contributed by atoms with van der Waals surface area (Å²) in [6.07, 6.45) is 3.82. The molecule has 0 saturated carbocycles. The number of carbonyl (C=O) groups excluding carboxylic acids is 1. The van der Waals surface area contributed by atoms with Crippen LogP contribution in [0.15, 0.2) is 21.8 Å². The Hall–Kier alpha value is 0.480. The number of rotatable bonds is 1. The van der Waals surface area contributed by atoms with Gasteiger partial charge in [0.15, 0.2) is 0 Å². The van der Waals surface area contributed by atoms with Crippen LogP contribution in [0.2, 0.25) is 0 Å². The lowest BCUT2D eigenvalue weighted by atomic mass is 10.3. The first-order valence-electron chi connectivity index (χ1n) is 2.32. The van der Waals surface area contributed by atoms with Crippen molar-refractivity contribution in [3.63, 3.8) is 0 Å². The first kappa shape index (κ1) is 7.59. The van der Waals surface area contributed by atoms with E-state index in [0.717, 1.165) is 5.57 Å². The Morgan fingerprint density at radius 1 is 1.67 bits per heavy atom. The van der Waals surface area contributed by atoms with Crippen LogP contribution in [0.1, 0.15) is 0 Å². The minimum absolute atomic E-state index is 0.0415. The van der Waals surface area contributed by atoms with Crippen molar-refractivity contribution in [2.24, 2.45) is 0 Å². The number of allylic oxidation sites excluding steroid dienone is 3. The molecule has 0 N–H and O–H groups in total. The average molecular weight is 346 g/mol. The zero-order chi connectivity index (χ0) is 6.69. The molecule has 0 unspecified atom stereocenters. The lowest BCUT2D eigenvalue weighted by molar-refractivity contribution is -0.105. The van der Waals surface area contributed by atoms with E-state index in [9.17, 15) is 4.79 Å². The Bertz CT molecular complexity index is 213. The zero-order valence-electron chi connectivity index (χ0n) is 4.47. The molecule has 0 radical (unpaired) electrons. The SMILES string of the molecule is O=C(I)C1=CC=CI=C1. The molecule has 0 saturated heterocycles. The van der Waals surface area contributed by atoms with E-state index >= 15 is 0 Å². The van der Waals surface area contributed by atoms with Crippen LogP contribution in [0.4, 0.5) is 0 Å². The van der Waals surface area contributed by atoms with E-state index in [1.165, 1.54) is 0 Å². The standard InChI is InChI=1S/C6H4I2O/c7-6(9)5-2-1-3-8-4-5/h1-4H. The van der Waals surface area contributed by atoms with Gasteiger partial charge in [0.1, 0.15) is 0 Å². The summed E-state index contributed by atoms with van der Waals surface area (Å²) in [6, 6.07) is 0. The van der Waals surface area contributed by atoms with Crippen LogP contribution in [0.5, 0.6) is 0 Å². The van der Waals surface area contributed by atoms with Gasteiger partial charge in [-0.1, -0.05) is 26.8 Å². The molecule has 0 atom stereocenters. The van der Waals surface area contributed by atoms with E-state index in [2.05, 4.69) is 4.08 Å². The van der Waals surface area contributed by atoms with Crippen LogP contribution < -0.4 is 0 Å². The summed E-state index contributed by atoms with van der Waals surface area (Å²) in [4.78, 5) is 10.7. The number of halogens is 2. The van der Waals surface area contributed by atoms with Gasteiger partial charge in [-0.3, -0.25) is 4.79 Å². The number of hydrogen-bond donors (Lipinski definition) is 0. The van der Waals surface area contributed by atoms with Crippen molar-refractivity contribution in [3.8, 4) is 0 Å². The van der Waals surface area contributed by atoms with Gasteiger partial charge in [0.25, 0.3) is 0 Å². The molecule has 1 aliphatic rings. The van der Waals surface area contributed by atoms with Crippen molar-refractivity contribution in [1.29, 1.82) is 0 Å². The summed E-state index contributed by atoms with van der Waals surface area (Å²) >= 11 is 1.85. The Labute approximate surface area is 77.1 Å². The molecule has 3 heteroatoms. The number of hydrogen-bond acceptors (Lipinski definition) is 1. The molecule has 0 aromatic carbocycles. The number of carbonyl (C=O) groups is 1. The molecule has 1 aliphatic heterocycles. The monoisotopic (exact) mass is 346 g/mol. The molecule has 0 bridgehead atoms. The fraction of sp³-hybridized carbons (Fsp3) is 0. The fourth-order valence-corrected chi connectivity index (χ4v) is 2.90. The maximum absolute atomic E-state index is 10.7. The van der Waals surface area contributed by atoms with Crippen LogP contribution in [0, 0.1) is 0 Å². The van der Waals surface area contributed by atoms with Crippen LogP contribution in [0.3, 0.4) is 0 Å². The molecule has 0 spiro atoms. The van der Waals surface area contributed by atoms with Gasteiger partial charge in [0.2, 0.25) is 3.79 Å². The summed E-state index contributed by atoms with van der Waals surface area (Å²) in [5, 5.41) is 0. The Balaban J connectivity index is 2.84. The highest BCUT2D eigenvalue weighted by Gasteiger charge is 1.99. The summed E-state index contributed by atoms with van der Waals surface area (Å²) in [7, 11) is 0. The molecule has 0 fully saturated rings. The van der Waals surface area contributed by atoms with Gasteiger partial charge in [-0.2, -0.15) is 0 Å². The predicted octanol–water partition coefficient (Wildman–Crippen LogP) is 2.17. The second-order valence-corrected chi connectivity index (χ2v) is 4.49. The van der Waals surface area contributed by atoms with Crippen molar-refractivity contribution in [3.05, 3.63) is 21.8 Å². The summed E-state index contributed by atoms with van der Waals surface area (Å²) in [5.41, 5.74) is 0.867. The second-order valence-electron chi connectivity index (χ2n) is 1.45. The van der Waals surface area contributed by atoms with Gasteiger partial charge < -0.3 is 0 Å². The Morgan fingerprint density at radius 2 is 2.44 bits per heavy atom. The lowest BCUT2D eigenvalue weighted by Crippen LogP contribution is -1.92. The molecule has 0 aromatic heterocycles. The van der Waals surface area contributed by atoms with E-state index < -0.39 is 0 Å². The minimum atomic E-state index is 0.0415. The molecule has 0 aliphatic carbocycles. The lowest BCUT2D eigenvalue weighted by Gasteiger charge is -1.92. The molecular formula is C6H4I2O. The van der Waals surface area contributed by atoms with Gasteiger partial charge in [-0.25, -0.2) is 0 Å². The zero-order valence-corrected chi connectivity index (χ0v) is 8.79. The van der Waals surface area contributed by atoms with Crippen molar-refractivity contribution >= 4 is 51.1 Å². The van der Waals surface area contributed by atoms with Crippen molar-refractivity contribution in [2.45, 2.75) is 0 Å². The minimum Gasteiger partial charge on any atom is -0.282 e. The molecular weight excluding hydrogens is 342 g/mol. The quantitative estimate of drug-likeness (QED) is 0.526. The van der Waals surface area contributed by atoms with Gasteiger partial charge in [0.05, 0.1) is 0 Å². The van der Waals surface area contributed by atoms with Crippen LogP contribution in [-0.2, 0) is 4.79 Å². The Morgan fingerprint density at radius 3 is 2.78 bits per heavy atom. The summed E-state index contributed by atoms with van der Waals surface area (Å²) in [5.74, 6) is 0. The van der Waals surface area contributed by atoms with Crippen LogP contribution in [0.25, 0.3) is 0 Å². The molecule has 48 valence electrons. The van der Waals surface area contributed by atoms with Crippen LogP contribution in [-0.4, -0.2) is 7.80 Å². The van der Waals surface area contributed by atoms with Crippen molar-refractivity contribution in [1.82, 2.24) is 0 Å². The first-order chi connectivity index (χ1) is 4.30. The van der Waals surface area contributed by atoms with Gasteiger partial charge in [-0.15, -0.1) is 0 Å². The maximum Gasteiger partial charge on any atom is 0.222 e. The highest BCUT2D eigenvalue weighted by atomic mass is 127. The molecule has 0 amide bonds. The van der Waals surface area contributed by atoms with Crippen LogP contribution >= 0.6 is 43.3 Å². The van der Waals surface area contributed by atoms with E-state index in [4.69, 9.17) is 0 Å². The van der Waals surface area contributed by atoms with E-state index in [-0.39, 0.29) is 24.5 Å². The molecule has 1 nitrogen and oxygen atoms in total. The van der Waals surface area contributed by atoms with Crippen molar-refractivity contribution < 1.29 is 4.79 Å². The van der Waals surface area contributed by atoms with E-state index in [0.29, 0.717) is 0 Å². The molecule has 1 heterocycles. The van der Waals surface area contributed by atoms with E-state index in [1.54, 1.807) is 0 Å². The third-order valence-corrected chi connectivity index (χ3v) is 3.31. The summed E-state index contributed by atoms with van der Waals surface area (Å²) in [6.45, 7) is 0. The van der Waals surface area contributed by atoms with Gasteiger partial charge >= 0.3 is 0 Å². The fourth-order valence-electron chi connectivity index (χ4n) is 0.431. The summed E-state index contributed by atoms with van der Waals surface area (Å²) < 4.78 is 4.31. The smallest absolute Gasteiger partial charge is 0.222 e. The maximum atomic E-state index is 10.7.